The molecule has 0 bridgehead atoms. The fourth-order valence-electron chi connectivity index (χ4n) is 0.553. The summed E-state index contributed by atoms with van der Waals surface area (Å²) in [7, 11) is 3.88. The maximum absolute atomic E-state index is 11.0. The minimum absolute atomic E-state index is 0. The van der Waals surface area contributed by atoms with Crippen LogP contribution in [0.15, 0.2) is 11.6 Å². The number of likely N-dealkylation sites (N-methyl/N-ethyl adjacent to an activating group) is 1. The van der Waals surface area contributed by atoms with Gasteiger partial charge in [0.05, 0.1) is 0 Å². The van der Waals surface area contributed by atoms with E-state index in [1.165, 1.54) is 0 Å². The molecule has 4 heteroatoms. The van der Waals surface area contributed by atoms with Crippen LogP contribution in [0, 0.1) is 0 Å². The van der Waals surface area contributed by atoms with Crippen molar-refractivity contribution in [1.29, 1.82) is 0 Å². The summed E-state index contributed by atoms with van der Waals surface area (Å²) in [4.78, 5) is 13.0. The Morgan fingerprint density at radius 3 is 2.38 bits per heavy atom. The third-order valence-electron chi connectivity index (χ3n) is 1.53. The highest BCUT2D eigenvalue weighted by atomic mass is 16.5. The molecule has 0 unspecified atom stereocenters. The molecule has 0 saturated heterocycles. The fraction of sp³-hybridized carbons (Fsp3) is 0.667. The zero-order valence-electron chi connectivity index (χ0n) is 8.96. The lowest BCUT2D eigenvalue weighted by molar-refractivity contribution is -0.139. The average molecular weight is 188 g/mol. The van der Waals surface area contributed by atoms with E-state index < -0.39 is 0 Å². The number of hydrogen-bond donors (Lipinski definition) is 1. The van der Waals surface area contributed by atoms with Crippen LogP contribution in [0.1, 0.15) is 13.8 Å². The predicted molar refractivity (Wildman–Crippen MR) is 54.0 cm³/mol. The topological polar surface area (TPSA) is 64.5 Å². The van der Waals surface area contributed by atoms with Crippen LogP contribution in [-0.2, 0) is 9.53 Å². The molecule has 0 rings (SSSR count). The smallest absolute Gasteiger partial charge is 0.333 e. The fourth-order valence-corrected chi connectivity index (χ4v) is 0.553. The van der Waals surface area contributed by atoms with Crippen LogP contribution >= 0.6 is 0 Å². The highest BCUT2D eigenvalue weighted by Gasteiger charge is 2.03. The van der Waals surface area contributed by atoms with Crippen LogP contribution in [-0.4, -0.2) is 38.1 Å². The van der Waals surface area contributed by atoms with Crippen molar-refractivity contribution in [2.45, 2.75) is 13.8 Å². The van der Waals surface area contributed by atoms with Crippen molar-refractivity contribution >= 4 is 5.97 Å². The van der Waals surface area contributed by atoms with Gasteiger partial charge in [-0.3, -0.25) is 0 Å². The molecule has 0 spiro atoms. The van der Waals surface area contributed by atoms with E-state index in [-0.39, 0.29) is 12.1 Å². The van der Waals surface area contributed by atoms with Crippen LogP contribution < -0.4 is 6.15 Å². The Hall–Kier alpha value is -0.870. The first-order chi connectivity index (χ1) is 5.57. The predicted octanol–water partition coefficient (Wildman–Crippen LogP) is 1.22. The summed E-state index contributed by atoms with van der Waals surface area (Å²) in [5, 5.41) is 0. The largest absolute Gasteiger partial charge is 0.461 e. The van der Waals surface area contributed by atoms with Gasteiger partial charge in [0.2, 0.25) is 0 Å². The molecule has 0 aromatic heterocycles. The van der Waals surface area contributed by atoms with Gasteiger partial charge in [-0.05, 0) is 27.9 Å². The zero-order chi connectivity index (χ0) is 9.56. The second-order valence-electron chi connectivity index (χ2n) is 2.91. The second-order valence-corrected chi connectivity index (χ2v) is 2.91. The standard InChI is InChI=1S/C9H17NO2.H3N/c1-5-8(2)9(11)12-7-6-10(3)4;/h5H,6-7H2,1-4H3;1H3. The minimum Gasteiger partial charge on any atom is -0.461 e. The van der Waals surface area contributed by atoms with Gasteiger partial charge in [0.25, 0.3) is 0 Å². The molecule has 13 heavy (non-hydrogen) atoms. The van der Waals surface area contributed by atoms with E-state index in [4.69, 9.17) is 4.74 Å². The Bertz CT molecular complexity index is 176. The van der Waals surface area contributed by atoms with E-state index in [0.29, 0.717) is 12.2 Å². The van der Waals surface area contributed by atoms with Crippen LogP contribution in [0.25, 0.3) is 0 Å². The molecule has 0 aliphatic heterocycles. The third-order valence-corrected chi connectivity index (χ3v) is 1.53. The first-order valence-electron chi connectivity index (χ1n) is 4.02. The molecule has 0 saturated carbocycles. The van der Waals surface area contributed by atoms with Gasteiger partial charge in [-0.25, -0.2) is 4.79 Å². The van der Waals surface area contributed by atoms with Crippen molar-refractivity contribution in [3.8, 4) is 0 Å². The number of carbonyl (C=O) groups excluding carboxylic acids is 1. The van der Waals surface area contributed by atoms with Crippen molar-refractivity contribution in [1.82, 2.24) is 11.1 Å². The van der Waals surface area contributed by atoms with Crippen LogP contribution in [0.3, 0.4) is 0 Å². The SMILES string of the molecule is CC=C(C)C(=O)OCCN(C)C.N. The summed E-state index contributed by atoms with van der Waals surface area (Å²) in [6.45, 7) is 4.79. The van der Waals surface area contributed by atoms with E-state index in [0.717, 1.165) is 6.54 Å². The molecule has 0 aromatic rings. The van der Waals surface area contributed by atoms with Crippen LogP contribution in [0.5, 0.6) is 0 Å². The molecular formula is C9H20N2O2. The van der Waals surface area contributed by atoms with E-state index in [9.17, 15) is 4.79 Å². The molecule has 3 N–H and O–H groups in total. The number of nitrogens with zero attached hydrogens (tertiary/aromatic N) is 1. The van der Waals surface area contributed by atoms with E-state index in [2.05, 4.69) is 0 Å². The maximum atomic E-state index is 11.0. The summed E-state index contributed by atoms with van der Waals surface area (Å²) >= 11 is 0. The summed E-state index contributed by atoms with van der Waals surface area (Å²) in [5.41, 5.74) is 0.661. The molecule has 4 nitrogen and oxygen atoms in total. The lowest BCUT2D eigenvalue weighted by atomic mass is 10.3. The normalized spacial score (nSPS) is 11.0. The van der Waals surface area contributed by atoms with Crippen molar-refractivity contribution in [3.05, 3.63) is 11.6 Å². The maximum Gasteiger partial charge on any atom is 0.333 e. The Labute approximate surface area is 80.1 Å². The van der Waals surface area contributed by atoms with Crippen LogP contribution in [0.4, 0.5) is 0 Å². The number of carbonyl (C=O) groups is 1. The van der Waals surface area contributed by atoms with E-state index in [1.807, 2.05) is 25.9 Å². The number of hydrogen-bond acceptors (Lipinski definition) is 4. The van der Waals surface area contributed by atoms with E-state index in [1.54, 1.807) is 13.0 Å². The Kier molecular flexibility index (Phi) is 8.74. The van der Waals surface area contributed by atoms with Gasteiger partial charge >= 0.3 is 5.97 Å². The van der Waals surface area contributed by atoms with Gasteiger partial charge < -0.3 is 15.8 Å². The van der Waals surface area contributed by atoms with Gasteiger partial charge in [0.15, 0.2) is 0 Å². The number of ether oxygens (including phenoxy) is 1. The number of allylic oxidation sites excluding steroid dienone is 1. The highest BCUT2D eigenvalue weighted by Crippen LogP contribution is 1.95. The zero-order valence-corrected chi connectivity index (χ0v) is 8.96. The number of rotatable bonds is 4. The summed E-state index contributed by atoms with van der Waals surface area (Å²) in [6, 6.07) is 0. The first-order valence-corrected chi connectivity index (χ1v) is 4.02. The van der Waals surface area contributed by atoms with Crippen molar-refractivity contribution < 1.29 is 9.53 Å². The monoisotopic (exact) mass is 188 g/mol. The van der Waals surface area contributed by atoms with Crippen molar-refractivity contribution in [3.63, 3.8) is 0 Å². The molecule has 0 amide bonds. The van der Waals surface area contributed by atoms with Crippen LogP contribution in [0.2, 0.25) is 0 Å². The van der Waals surface area contributed by atoms with E-state index >= 15 is 0 Å². The molecule has 0 radical (unpaired) electrons. The van der Waals surface area contributed by atoms with Gasteiger partial charge in [-0.1, -0.05) is 6.08 Å². The van der Waals surface area contributed by atoms with Gasteiger partial charge in [-0.2, -0.15) is 0 Å². The summed E-state index contributed by atoms with van der Waals surface area (Å²) in [6.07, 6.45) is 1.75. The summed E-state index contributed by atoms with van der Waals surface area (Å²) in [5.74, 6) is -0.223. The molecule has 0 aromatic carbocycles. The highest BCUT2D eigenvalue weighted by molar-refractivity contribution is 5.87. The number of esters is 1. The molecule has 0 heterocycles. The third kappa shape index (κ3) is 7.49. The Balaban J connectivity index is 0. The first kappa shape index (κ1) is 14.6. The molecule has 0 atom stereocenters. The quantitative estimate of drug-likeness (QED) is 0.532. The van der Waals surface area contributed by atoms with Crippen molar-refractivity contribution in [2.75, 3.05) is 27.2 Å². The lowest BCUT2D eigenvalue weighted by Crippen LogP contribution is -2.20. The minimum atomic E-state index is -0.223. The lowest BCUT2D eigenvalue weighted by Gasteiger charge is -2.09. The van der Waals surface area contributed by atoms with Gasteiger partial charge in [-0.15, -0.1) is 0 Å². The summed E-state index contributed by atoms with van der Waals surface area (Å²) < 4.78 is 4.96. The Morgan fingerprint density at radius 1 is 1.46 bits per heavy atom. The second kappa shape index (κ2) is 7.76. The van der Waals surface area contributed by atoms with Gasteiger partial charge in [0.1, 0.15) is 6.61 Å². The molecule has 78 valence electrons. The molecule has 0 aliphatic carbocycles. The average Bonchev–Trinajstić information content (AvgIpc) is 2.02. The van der Waals surface area contributed by atoms with Crippen molar-refractivity contribution in [2.24, 2.45) is 0 Å². The molecule has 0 fully saturated rings. The van der Waals surface area contributed by atoms with Gasteiger partial charge in [0, 0.05) is 12.1 Å². The molecular weight excluding hydrogens is 168 g/mol. The Morgan fingerprint density at radius 2 is 2.00 bits per heavy atom. The molecule has 0 aliphatic rings.